The molecule has 2 aromatic carbocycles. The average molecular weight is 374 g/mol. The second kappa shape index (κ2) is 6.91. The van der Waals surface area contributed by atoms with Gasteiger partial charge in [-0.2, -0.15) is 0 Å². The molecule has 0 radical (unpaired) electrons. The van der Waals surface area contributed by atoms with Crippen LogP contribution in [-0.4, -0.2) is 35.7 Å². The molecule has 0 spiro atoms. The van der Waals surface area contributed by atoms with Crippen molar-refractivity contribution in [1.82, 2.24) is 10.3 Å². The fourth-order valence-electron chi connectivity index (χ4n) is 4.05. The van der Waals surface area contributed by atoms with Crippen molar-refractivity contribution in [2.45, 2.75) is 38.0 Å². The lowest BCUT2D eigenvalue weighted by molar-refractivity contribution is 0.0926. The molecule has 3 aromatic rings. The van der Waals surface area contributed by atoms with Crippen molar-refractivity contribution < 1.29 is 14.3 Å². The Labute approximate surface area is 163 Å². The van der Waals surface area contributed by atoms with Gasteiger partial charge in [-0.05, 0) is 56.2 Å². The topological polar surface area (TPSA) is 63.8 Å². The SMILES string of the molecule is CCOc1ccc(-c2cc(C(=O)N[C@@H]3CC[C@H]4O[C@@H]34)c3ccccc3n2)cc1. The number of nitrogens with zero attached hydrogens (tertiary/aromatic N) is 1. The number of epoxide rings is 1. The molecule has 1 aromatic heterocycles. The van der Waals surface area contributed by atoms with E-state index in [1.54, 1.807) is 0 Å². The van der Waals surface area contributed by atoms with Crippen LogP contribution in [-0.2, 0) is 4.74 Å². The number of para-hydroxylation sites is 1. The summed E-state index contributed by atoms with van der Waals surface area (Å²) in [6.07, 6.45) is 2.56. The molecule has 5 nitrogen and oxygen atoms in total. The van der Waals surface area contributed by atoms with Crippen molar-refractivity contribution >= 4 is 16.8 Å². The van der Waals surface area contributed by atoms with E-state index in [-0.39, 0.29) is 18.1 Å². The highest BCUT2D eigenvalue weighted by atomic mass is 16.6. The van der Waals surface area contributed by atoms with E-state index in [1.165, 1.54) is 0 Å². The van der Waals surface area contributed by atoms with E-state index in [0.717, 1.165) is 40.8 Å². The predicted molar refractivity (Wildman–Crippen MR) is 107 cm³/mol. The van der Waals surface area contributed by atoms with Crippen LogP contribution in [0, 0.1) is 0 Å². The summed E-state index contributed by atoms with van der Waals surface area (Å²) in [5.41, 5.74) is 3.19. The third-order valence-corrected chi connectivity index (χ3v) is 5.52. The van der Waals surface area contributed by atoms with Crippen LogP contribution in [0.2, 0.25) is 0 Å². The van der Waals surface area contributed by atoms with Gasteiger partial charge in [-0.15, -0.1) is 0 Å². The van der Waals surface area contributed by atoms with Gasteiger partial charge in [0.1, 0.15) is 11.9 Å². The molecule has 2 heterocycles. The van der Waals surface area contributed by atoms with E-state index in [0.29, 0.717) is 18.3 Å². The molecule has 2 fully saturated rings. The zero-order valence-electron chi connectivity index (χ0n) is 15.7. The summed E-state index contributed by atoms with van der Waals surface area (Å²) in [7, 11) is 0. The number of ether oxygens (including phenoxy) is 2. The molecule has 142 valence electrons. The molecule has 1 N–H and O–H groups in total. The van der Waals surface area contributed by atoms with Crippen molar-refractivity contribution in [3.8, 4) is 17.0 Å². The third-order valence-electron chi connectivity index (χ3n) is 5.52. The average Bonchev–Trinajstić information content (AvgIpc) is 3.41. The lowest BCUT2D eigenvalue weighted by Gasteiger charge is -2.15. The molecule has 0 unspecified atom stereocenters. The summed E-state index contributed by atoms with van der Waals surface area (Å²) >= 11 is 0. The van der Waals surface area contributed by atoms with Gasteiger partial charge in [-0.1, -0.05) is 18.2 Å². The first-order valence-corrected chi connectivity index (χ1v) is 9.82. The molecule has 1 saturated heterocycles. The summed E-state index contributed by atoms with van der Waals surface area (Å²) in [4.78, 5) is 17.9. The highest BCUT2D eigenvalue weighted by molar-refractivity contribution is 6.07. The quantitative estimate of drug-likeness (QED) is 0.687. The molecule has 1 aliphatic heterocycles. The Morgan fingerprint density at radius 3 is 2.71 bits per heavy atom. The lowest BCUT2D eigenvalue weighted by atomic mass is 10.0. The number of carbonyl (C=O) groups is 1. The number of hydrogen-bond donors (Lipinski definition) is 1. The zero-order valence-corrected chi connectivity index (χ0v) is 15.7. The maximum atomic E-state index is 13.1. The molecular weight excluding hydrogens is 352 g/mol. The molecule has 1 aliphatic carbocycles. The molecule has 3 atom stereocenters. The summed E-state index contributed by atoms with van der Waals surface area (Å²) in [5, 5.41) is 4.03. The van der Waals surface area contributed by atoms with Gasteiger partial charge >= 0.3 is 0 Å². The Bertz CT molecular complexity index is 1030. The first kappa shape index (κ1) is 17.2. The van der Waals surface area contributed by atoms with Crippen LogP contribution in [0.1, 0.15) is 30.1 Å². The molecule has 28 heavy (non-hydrogen) atoms. The fraction of sp³-hybridized carbons (Fsp3) is 0.304. The minimum atomic E-state index is -0.0630. The van der Waals surface area contributed by atoms with Crippen LogP contribution in [0.3, 0.4) is 0 Å². The maximum Gasteiger partial charge on any atom is 0.252 e. The Hall–Kier alpha value is -2.92. The Morgan fingerprint density at radius 1 is 1.18 bits per heavy atom. The molecule has 0 bridgehead atoms. The molecule has 1 amide bonds. The minimum Gasteiger partial charge on any atom is -0.494 e. The monoisotopic (exact) mass is 374 g/mol. The Balaban J connectivity index is 1.51. The summed E-state index contributed by atoms with van der Waals surface area (Å²) in [5.74, 6) is 0.761. The van der Waals surface area contributed by atoms with Gasteiger partial charge in [-0.3, -0.25) is 4.79 Å². The summed E-state index contributed by atoms with van der Waals surface area (Å²) in [6.45, 7) is 2.59. The highest BCUT2D eigenvalue weighted by Crippen LogP contribution is 2.38. The van der Waals surface area contributed by atoms with Crippen molar-refractivity contribution in [3.05, 3.63) is 60.2 Å². The van der Waals surface area contributed by atoms with Crippen LogP contribution in [0.5, 0.6) is 5.75 Å². The normalized spacial score (nSPS) is 22.7. The van der Waals surface area contributed by atoms with Crippen molar-refractivity contribution in [1.29, 1.82) is 0 Å². The lowest BCUT2D eigenvalue weighted by Crippen LogP contribution is -2.37. The van der Waals surface area contributed by atoms with Gasteiger partial charge in [0.25, 0.3) is 5.91 Å². The van der Waals surface area contributed by atoms with Crippen LogP contribution in [0.15, 0.2) is 54.6 Å². The molecular formula is C23H22N2O3. The van der Waals surface area contributed by atoms with Gasteiger partial charge < -0.3 is 14.8 Å². The van der Waals surface area contributed by atoms with Crippen LogP contribution in [0.25, 0.3) is 22.2 Å². The number of rotatable bonds is 5. The van der Waals surface area contributed by atoms with Gasteiger partial charge in [-0.25, -0.2) is 4.98 Å². The standard InChI is InChI=1S/C23H22N2O3/c1-2-27-15-9-7-14(8-10-15)20-13-17(16-5-3-4-6-18(16)24-20)23(26)25-19-11-12-21-22(19)28-21/h3-10,13,19,21-22H,2,11-12H2,1H3,(H,25,26)/t19-,21-,22+/m1/s1. The van der Waals surface area contributed by atoms with E-state index in [2.05, 4.69) is 5.32 Å². The second-order valence-corrected chi connectivity index (χ2v) is 7.33. The number of amides is 1. The minimum absolute atomic E-state index is 0.0630. The predicted octanol–water partition coefficient (Wildman–Crippen LogP) is 3.96. The van der Waals surface area contributed by atoms with Crippen LogP contribution in [0.4, 0.5) is 0 Å². The smallest absolute Gasteiger partial charge is 0.252 e. The number of pyridine rings is 1. The fourth-order valence-corrected chi connectivity index (χ4v) is 4.05. The van der Waals surface area contributed by atoms with Gasteiger partial charge in [0.2, 0.25) is 0 Å². The van der Waals surface area contributed by atoms with E-state index >= 15 is 0 Å². The number of nitrogens with one attached hydrogen (secondary N) is 1. The number of benzene rings is 2. The van der Waals surface area contributed by atoms with Gasteiger partial charge in [0.05, 0.1) is 35.5 Å². The number of carbonyl (C=O) groups excluding carboxylic acids is 1. The summed E-state index contributed by atoms with van der Waals surface area (Å²) < 4.78 is 11.1. The van der Waals surface area contributed by atoms with Crippen LogP contribution >= 0.6 is 0 Å². The van der Waals surface area contributed by atoms with Crippen molar-refractivity contribution in [2.24, 2.45) is 0 Å². The second-order valence-electron chi connectivity index (χ2n) is 7.33. The molecule has 2 aliphatic rings. The Kier molecular flexibility index (Phi) is 4.24. The van der Waals surface area contributed by atoms with Crippen LogP contribution < -0.4 is 10.1 Å². The first-order valence-electron chi connectivity index (χ1n) is 9.82. The molecule has 5 heteroatoms. The largest absolute Gasteiger partial charge is 0.494 e. The Morgan fingerprint density at radius 2 is 2.00 bits per heavy atom. The molecule has 1 saturated carbocycles. The molecule has 5 rings (SSSR count). The number of fused-ring (bicyclic) bond motifs is 2. The highest BCUT2D eigenvalue weighted by Gasteiger charge is 2.50. The van der Waals surface area contributed by atoms with E-state index in [1.807, 2.05) is 61.5 Å². The van der Waals surface area contributed by atoms with Gasteiger partial charge in [0, 0.05) is 10.9 Å². The van der Waals surface area contributed by atoms with E-state index < -0.39 is 0 Å². The van der Waals surface area contributed by atoms with Gasteiger partial charge in [0.15, 0.2) is 0 Å². The van der Waals surface area contributed by atoms with E-state index in [9.17, 15) is 4.79 Å². The van der Waals surface area contributed by atoms with Crippen molar-refractivity contribution in [2.75, 3.05) is 6.61 Å². The number of aromatic nitrogens is 1. The maximum absolute atomic E-state index is 13.1. The van der Waals surface area contributed by atoms with Crippen molar-refractivity contribution in [3.63, 3.8) is 0 Å². The third kappa shape index (κ3) is 3.12. The first-order chi connectivity index (χ1) is 13.7. The van der Waals surface area contributed by atoms with E-state index in [4.69, 9.17) is 14.5 Å². The number of hydrogen-bond acceptors (Lipinski definition) is 4. The summed E-state index contributed by atoms with van der Waals surface area (Å²) in [6, 6.07) is 17.6. The zero-order chi connectivity index (χ0) is 19.1.